The summed E-state index contributed by atoms with van der Waals surface area (Å²) < 4.78 is 0. The third kappa shape index (κ3) is 2.08. The monoisotopic (exact) mass is 166 g/mol. The average molecular weight is 166 g/mol. The number of hydrogen-bond donors (Lipinski definition) is 2. The Morgan fingerprint density at radius 2 is 2.50 bits per heavy atom. The van der Waals surface area contributed by atoms with E-state index in [4.69, 9.17) is 0 Å². The van der Waals surface area contributed by atoms with Crippen molar-refractivity contribution >= 4 is 0 Å². The van der Waals surface area contributed by atoms with Crippen molar-refractivity contribution in [3.05, 3.63) is 18.2 Å². The smallest absolute Gasteiger partial charge is 0.108 e. The molecule has 66 valence electrons. The van der Waals surface area contributed by atoms with E-state index in [1.807, 2.05) is 0 Å². The average Bonchev–Trinajstić information content (AvgIpc) is 2.66. The molecular weight excluding hydrogens is 152 g/mol. The zero-order chi connectivity index (χ0) is 8.39. The van der Waals surface area contributed by atoms with Gasteiger partial charge in [-0.3, -0.25) is 0 Å². The van der Waals surface area contributed by atoms with Gasteiger partial charge in [0, 0.05) is 18.8 Å². The van der Waals surface area contributed by atoms with Gasteiger partial charge in [0.25, 0.3) is 0 Å². The van der Waals surface area contributed by atoms with Crippen LogP contribution in [-0.2, 0) is 6.42 Å². The van der Waals surface area contributed by atoms with Gasteiger partial charge >= 0.3 is 0 Å². The molecule has 0 spiro atoms. The van der Waals surface area contributed by atoms with E-state index in [9.17, 15) is 5.11 Å². The van der Waals surface area contributed by atoms with Crippen molar-refractivity contribution in [2.75, 3.05) is 0 Å². The summed E-state index contributed by atoms with van der Waals surface area (Å²) in [6.45, 7) is 0. The molecule has 0 bridgehead atoms. The summed E-state index contributed by atoms with van der Waals surface area (Å²) in [7, 11) is 0. The molecule has 1 atom stereocenters. The highest BCUT2D eigenvalue weighted by Gasteiger charge is 2.24. The molecule has 3 nitrogen and oxygen atoms in total. The highest BCUT2D eigenvalue weighted by Crippen LogP contribution is 2.33. The lowest BCUT2D eigenvalue weighted by Crippen LogP contribution is -2.12. The van der Waals surface area contributed by atoms with Gasteiger partial charge in [-0.15, -0.1) is 0 Å². The lowest BCUT2D eigenvalue weighted by atomic mass is 10.1. The molecule has 2 N–H and O–H groups in total. The van der Waals surface area contributed by atoms with Gasteiger partial charge < -0.3 is 10.1 Å². The maximum absolute atomic E-state index is 9.57. The van der Waals surface area contributed by atoms with Crippen molar-refractivity contribution in [3.63, 3.8) is 0 Å². The van der Waals surface area contributed by atoms with Gasteiger partial charge in [0.15, 0.2) is 0 Å². The molecule has 1 aromatic rings. The molecule has 1 aromatic heterocycles. The second-order valence-corrected chi connectivity index (χ2v) is 3.57. The van der Waals surface area contributed by atoms with Crippen molar-refractivity contribution in [3.8, 4) is 0 Å². The Morgan fingerprint density at radius 3 is 3.08 bits per heavy atom. The number of aliphatic hydroxyl groups excluding tert-OH is 1. The number of hydrogen-bond acceptors (Lipinski definition) is 2. The van der Waals surface area contributed by atoms with Crippen LogP contribution in [0.1, 0.15) is 25.1 Å². The Labute approximate surface area is 71.8 Å². The zero-order valence-electron chi connectivity index (χ0n) is 7.03. The molecule has 0 aromatic carbocycles. The predicted octanol–water partition coefficient (Wildman–Crippen LogP) is 1.11. The van der Waals surface area contributed by atoms with E-state index in [1.165, 1.54) is 12.8 Å². The van der Waals surface area contributed by atoms with Crippen molar-refractivity contribution in [2.45, 2.75) is 31.8 Å². The minimum absolute atomic E-state index is 0.205. The SMILES string of the molecule is OC(Cc1ncc[nH]1)CC1CC1. The molecule has 1 saturated carbocycles. The topological polar surface area (TPSA) is 48.9 Å². The number of aromatic nitrogens is 2. The Hall–Kier alpha value is -0.830. The number of nitrogens with zero attached hydrogens (tertiary/aromatic N) is 1. The summed E-state index contributed by atoms with van der Waals surface area (Å²) in [5, 5.41) is 9.57. The van der Waals surface area contributed by atoms with Gasteiger partial charge in [0.2, 0.25) is 0 Å². The van der Waals surface area contributed by atoms with Crippen molar-refractivity contribution in [1.29, 1.82) is 0 Å². The lowest BCUT2D eigenvalue weighted by Gasteiger charge is -2.06. The Morgan fingerprint density at radius 1 is 1.67 bits per heavy atom. The first-order chi connectivity index (χ1) is 5.84. The van der Waals surface area contributed by atoms with Crippen LogP contribution in [0.2, 0.25) is 0 Å². The maximum Gasteiger partial charge on any atom is 0.108 e. The number of rotatable bonds is 4. The normalized spacial score (nSPS) is 19.4. The number of aliphatic hydroxyl groups is 1. The Bertz CT molecular complexity index is 229. The fourth-order valence-corrected chi connectivity index (χ4v) is 1.45. The quantitative estimate of drug-likeness (QED) is 0.704. The van der Waals surface area contributed by atoms with Gasteiger partial charge in [-0.2, -0.15) is 0 Å². The fourth-order valence-electron chi connectivity index (χ4n) is 1.45. The van der Waals surface area contributed by atoms with Crippen LogP contribution in [0.15, 0.2) is 12.4 Å². The van der Waals surface area contributed by atoms with Crippen molar-refractivity contribution in [2.24, 2.45) is 5.92 Å². The minimum Gasteiger partial charge on any atom is -0.393 e. The van der Waals surface area contributed by atoms with Gasteiger partial charge in [-0.1, -0.05) is 12.8 Å². The number of aromatic amines is 1. The number of H-pyrrole nitrogens is 1. The second-order valence-electron chi connectivity index (χ2n) is 3.57. The third-order valence-corrected chi connectivity index (χ3v) is 2.29. The molecule has 2 rings (SSSR count). The molecule has 3 heteroatoms. The van der Waals surface area contributed by atoms with Crippen molar-refractivity contribution < 1.29 is 5.11 Å². The fraction of sp³-hybridized carbons (Fsp3) is 0.667. The van der Waals surface area contributed by atoms with E-state index in [0.717, 1.165) is 18.2 Å². The summed E-state index contributed by atoms with van der Waals surface area (Å²) in [6, 6.07) is 0. The Balaban J connectivity index is 1.77. The van der Waals surface area contributed by atoms with Gasteiger partial charge in [-0.25, -0.2) is 4.98 Å². The van der Waals surface area contributed by atoms with E-state index in [2.05, 4.69) is 9.97 Å². The first-order valence-electron chi connectivity index (χ1n) is 4.51. The molecule has 1 fully saturated rings. The summed E-state index contributed by atoms with van der Waals surface area (Å²) in [4.78, 5) is 7.06. The second kappa shape index (κ2) is 3.27. The zero-order valence-corrected chi connectivity index (χ0v) is 7.03. The van der Waals surface area contributed by atoms with Gasteiger partial charge in [0.05, 0.1) is 6.10 Å². The molecule has 0 aliphatic heterocycles. The van der Waals surface area contributed by atoms with Crippen LogP contribution in [-0.4, -0.2) is 21.2 Å². The Kier molecular flexibility index (Phi) is 2.13. The van der Waals surface area contributed by atoms with Crippen LogP contribution in [0.4, 0.5) is 0 Å². The number of imidazole rings is 1. The summed E-state index contributed by atoms with van der Waals surface area (Å²) in [6.07, 6.45) is 7.52. The number of nitrogens with one attached hydrogen (secondary N) is 1. The molecule has 0 radical (unpaired) electrons. The van der Waals surface area contributed by atoms with E-state index in [0.29, 0.717) is 6.42 Å². The first kappa shape index (κ1) is 7.80. The highest BCUT2D eigenvalue weighted by molar-refractivity contribution is 4.90. The summed E-state index contributed by atoms with van der Waals surface area (Å²) in [5.74, 6) is 1.68. The van der Waals surface area contributed by atoms with Crippen LogP contribution in [0.5, 0.6) is 0 Å². The molecule has 0 saturated heterocycles. The first-order valence-corrected chi connectivity index (χ1v) is 4.51. The molecule has 1 aliphatic carbocycles. The minimum atomic E-state index is -0.205. The molecule has 1 unspecified atom stereocenters. The van der Waals surface area contributed by atoms with Crippen LogP contribution in [0.25, 0.3) is 0 Å². The maximum atomic E-state index is 9.57. The van der Waals surface area contributed by atoms with E-state index >= 15 is 0 Å². The van der Waals surface area contributed by atoms with E-state index < -0.39 is 0 Å². The van der Waals surface area contributed by atoms with Crippen LogP contribution in [0.3, 0.4) is 0 Å². The molecule has 1 heterocycles. The van der Waals surface area contributed by atoms with Crippen molar-refractivity contribution in [1.82, 2.24) is 9.97 Å². The summed E-state index contributed by atoms with van der Waals surface area (Å²) >= 11 is 0. The molecular formula is C9H14N2O. The van der Waals surface area contributed by atoms with Crippen LogP contribution in [0, 0.1) is 5.92 Å². The van der Waals surface area contributed by atoms with Crippen LogP contribution >= 0.6 is 0 Å². The van der Waals surface area contributed by atoms with Crippen LogP contribution < -0.4 is 0 Å². The van der Waals surface area contributed by atoms with Gasteiger partial charge in [-0.05, 0) is 12.3 Å². The largest absolute Gasteiger partial charge is 0.393 e. The molecule has 12 heavy (non-hydrogen) atoms. The van der Waals surface area contributed by atoms with E-state index in [-0.39, 0.29) is 6.10 Å². The molecule has 0 amide bonds. The predicted molar refractivity (Wildman–Crippen MR) is 45.6 cm³/mol. The summed E-state index contributed by atoms with van der Waals surface area (Å²) in [5.41, 5.74) is 0. The standard InChI is InChI=1S/C9H14N2O/c12-8(5-7-1-2-7)6-9-10-3-4-11-9/h3-4,7-8,12H,1-2,5-6H2,(H,10,11). The van der Waals surface area contributed by atoms with Gasteiger partial charge in [0.1, 0.15) is 5.82 Å². The lowest BCUT2D eigenvalue weighted by molar-refractivity contribution is 0.156. The van der Waals surface area contributed by atoms with E-state index in [1.54, 1.807) is 12.4 Å². The molecule has 1 aliphatic rings. The third-order valence-electron chi connectivity index (χ3n) is 2.29. The highest BCUT2D eigenvalue weighted by atomic mass is 16.3.